The molecule has 0 spiro atoms. The largest absolute Gasteiger partial charge is 0.349 e. The highest BCUT2D eigenvalue weighted by molar-refractivity contribution is 7.91. The summed E-state index contributed by atoms with van der Waals surface area (Å²) < 4.78 is 25.7. The zero-order chi connectivity index (χ0) is 21.3. The lowest BCUT2D eigenvalue weighted by Crippen LogP contribution is -2.35. The molecule has 8 nitrogen and oxygen atoms in total. The number of sulfone groups is 1. The van der Waals surface area contributed by atoms with Gasteiger partial charge in [-0.15, -0.1) is 0 Å². The third kappa shape index (κ3) is 4.30. The van der Waals surface area contributed by atoms with Crippen LogP contribution in [0.15, 0.2) is 30.6 Å². The van der Waals surface area contributed by atoms with Gasteiger partial charge in [-0.3, -0.25) is 9.78 Å². The van der Waals surface area contributed by atoms with E-state index in [0.29, 0.717) is 36.9 Å². The van der Waals surface area contributed by atoms with E-state index in [0.717, 1.165) is 17.8 Å². The second kappa shape index (κ2) is 8.29. The molecule has 2 aliphatic heterocycles. The number of rotatable bonds is 6. The molecule has 2 aliphatic rings. The van der Waals surface area contributed by atoms with Gasteiger partial charge in [0, 0.05) is 43.4 Å². The molecule has 0 aliphatic carbocycles. The maximum Gasteiger partial charge on any atom is 0.223 e. The van der Waals surface area contributed by atoms with Gasteiger partial charge in [-0.05, 0) is 24.5 Å². The summed E-state index contributed by atoms with van der Waals surface area (Å²) in [5, 5.41) is 2.57. The number of amides is 1. The highest BCUT2D eigenvalue weighted by Crippen LogP contribution is 2.39. The van der Waals surface area contributed by atoms with Gasteiger partial charge in [0.15, 0.2) is 9.84 Å². The second-order valence-corrected chi connectivity index (χ2v) is 10.7. The number of likely N-dealkylation sites (tertiary alicyclic amines) is 1. The van der Waals surface area contributed by atoms with Gasteiger partial charge in [-0.25, -0.2) is 18.4 Å². The molecular weight excluding hydrogens is 402 g/mol. The number of fused-ring (bicyclic) bond motifs is 3. The van der Waals surface area contributed by atoms with Crippen molar-refractivity contribution in [2.45, 2.75) is 50.2 Å². The van der Waals surface area contributed by atoms with Gasteiger partial charge in [0.1, 0.15) is 0 Å². The lowest BCUT2D eigenvalue weighted by atomic mass is 10.00. The number of hydrogen-bond acceptors (Lipinski definition) is 7. The number of carbonyl (C=O) groups is 1. The van der Waals surface area contributed by atoms with E-state index in [9.17, 15) is 13.2 Å². The Morgan fingerprint density at radius 1 is 1.27 bits per heavy atom. The summed E-state index contributed by atoms with van der Waals surface area (Å²) in [5.74, 6) is 0.529. The van der Waals surface area contributed by atoms with Crippen LogP contribution in [-0.2, 0) is 26.9 Å². The molecule has 1 amide bonds. The first kappa shape index (κ1) is 20.7. The first-order chi connectivity index (χ1) is 14.3. The van der Waals surface area contributed by atoms with Crippen molar-refractivity contribution in [2.24, 2.45) is 5.92 Å². The third-order valence-corrected chi connectivity index (χ3v) is 7.89. The molecule has 2 aromatic heterocycles. The topological polar surface area (TPSA) is 105 Å². The lowest BCUT2D eigenvalue weighted by Gasteiger charge is -2.26. The van der Waals surface area contributed by atoms with Crippen LogP contribution in [0.5, 0.6) is 0 Å². The molecule has 1 fully saturated rings. The standard InChI is InChI=1S/C21H27N5O3S/c1-14(2)6-7-19(27)26-11-17-18(12-26)30(28,29)13-15-9-23-21(25-20(15)17)24-10-16-5-3-4-8-22-16/h3-5,8-9,14,17-18H,6-7,10-13H2,1-2H3,(H,23,24,25)/t17-,18+/m0/s1. The van der Waals surface area contributed by atoms with E-state index in [-0.39, 0.29) is 24.1 Å². The van der Waals surface area contributed by atoms with E-state index in [4.69, 9.17) is 0 Å². The minimum atomic E-state index is -3.34. The van der Waals surface area contributed by atoms with Crippen LogP contribution in [-0.4, -0.2) is 52.5 Å². The molecule has 2 aromatic rings. The molecule has 4 rings (SSSR count). The Bertz CT molecular complexity index is 1030. The fourth-order valence-corrected chi connectivity index (χ4v) is 6.10. The van der Waals surface area contributed by atoms with Crippen LogP contribution in [0.2, 0.25) is 0 Å². The van der Waals surface area contributed by atoms with Gasteiger partial charge in [0.2, 0.25) is 11.9 Å². The molecule has 2 atom stereocenters. The third-order valence-electron chi connectivity index (χ3n) is 5.78. The summed E-state index contributed by atoms with van der Waals surface area (Å²) in [5.41, 5.74) is 2.24. The average Bonchev–Trinajstić information content (AvgIpc) is 3.18. The number of nitrogens with one attached hydrogen (secondary N) is 1. The normalized spacial score (nSPS) is 21.9. The number of aromatic nitrogens is 3. The van der Waals surface area contributed by atoms with E-state index < -0.39 is 15.1 Å². The van der Waals surface area contributed by atoms with Crippen LogP contribution in [0.3, 0.4) is 0 Å². The van der Waals surface area contributed by atoms with Gasteiger partial charge in [0.25, 0.3) is 0 Å². The number of hydrogen-bond donors (Lipinski definition) is 1. The number of anilines is 1. The van der Waals surface area contributed by atoms with Crippen LogP contribution in [0.4, 0.5) is 5.95 Å². The molecule has 0 radical (unpaired) electrons. The molecule has 4 heterocycles. The molecule has 1 saturated heterocycles. The van der Waals surface area contributed by atoms with Gasteiger partial charge >= 0.3 is 0 Å². The molecule has 0 unspecified atom stereocenters. The zero-order valence-electron chi connectivity index (χ0n) is 17.3. The van der Waals surface area contributed by atoms with Crippen molar-refractivity contribution in [3.8, 4) is 0 Å². The van der Waals surface area contributed by atoms with Crippen molar-refractivity contribution in [1.82, 2.24) is 19.9 Å². The summed E-state index contributed by atoms with van der Waals surface area (Å²) in [6.45, 7) is 5.28. The molecular formula is C21H27N5O3S. The quantitative estimate of drug-likeness (QED) is 0.750. The Labute approximate surface area is 177 Å². The van der Waals surface area contributed by atoms with Crippen molar-refractivity contribution in [3.63, 3.8) is 0 Å². The van der Waals surface area contributed by atoms with Crippen molar-refractivity contribution < 1.29 is 13.2 Å². The van der Waals surface area contributed by atoms with E-state index in [1.54, 1.807) is 17.3 Å². The summed E-state index contributed by atoms with van der Waals surface area (Å²) in [6, 6.07) is 5.68. The Balaban J connectivity index is 1.54. The minimum Gasteiger partial charge on any atom is -0.349 e. The maximum atomic E-state index is 12.8. The number of carbonyl (C=O) groups excluding carboxylic acids is 1. The fraction of sp³-hybridized carbons (Fsp3) is 0.524. The molecule has 160 valence electrons. The predicted octanol–water partition coefficient (Wildman–Crippen LogP) is 2.14. The van der Waals surface area contributed by atoms with E-state index in [1.807, 2.05) is 18.2 Å². The van der Waals surface area contributed by atoms with Crippen LogP contribution in [0.1, 0.15) is 49.6 Å². The highest BCUT2D eigenvalue weighted by Gasteiger charge is 2.48. The van der Waals surface area contributed by atoms with Crippen LogP contribution < -0.4 is 5.32 Å². The Hall–Kier alpha value is -2.55. The SMILES string of the molecule is CC(C)CCC(=O)N1C[C@@H]2c3nc(NCc4ccccn4)ncc3CS(=O)(=O)[C@@H]2C1. The summed E-state index contributed by atoms with van der Waals surface area (Å²) in [6.07, 6.45) is 4.58. The van der Waals surface area contributed by atoms with Crippen LogP contribution in [0, 0.1) is 5.92 Å². The average molecular weight is 430 g/mol. The molecule has 30 heavy (non-hydrogen) atoms. The monoisotopic (exact) mass is 429 g/mol. The number of pyridine rings is 1. The number of nitrogens with zero attached hydrogens (tertiary/aromatic N) is 4. The van der Waals surface area contributed by atoms with Gasteiger partial charge in [0.05, 0.1) is 28.9 Å². The van der Waals surface area contributed by atoms with Crippen molar-refractivity contribution >= 4 is 21.7 Å². The molecule has 0 saturated carbocycles. The van der Waals surface area contributed by atoms with E-state index in [2.05, 4.69) is 34.1 Å². The molecule has 0 bridgehead atoms. The maximum absolute atomic E-state index is 12.8. The predicted molar refractivity (Wildman–Crippen MR) is 113 cm³/mol. The first-order valence-electron chi connectivity index (χ1n) is 10.3. The lowest BCUT2D eigenvalue weighted by molar-refractivity contribution is -0.130. The second-order valence-electron chi connectivity index (χ2n) is 8.46. The van der Waals surface area contributed by atoms with Gasteiger partial charge in [-0.1, -0.05) is 19.9 Å². The van der Waals surface area contributed by atoms with Crippen molar-refractivity contribution in [2.75, 3.05) is 18.4 Å². The van der Waals surface area contributed by atoms with Gasteiger partial charge < -0.3 is 10.2 Å². The van der Waals surface area contributed by atoms with Gasteiger partial charge in [-0.2, -0.15) is 0 Å². The Kier molecular flexibility index (Phi) is 5.73. The first-order valence-corrected chi connectivity index (χ1v) is 12.0. The zero-order valence-corrected chi connectivity index (χ0v) is 18.1. The van der Waals surface area contributed by atoms with Crippen molar-refractivity contribution in [3.05, 3.63) is 47.5 Å². The summed E-state index contributed by atoms with van der Waals surface area (Å²) in [4.78, 5) is 27.5. The minimum absolute atomic E-state index is 0.0254. The van der Waals surface area contributed by atoms with Crippen LogP contribution >= 0.6 is 0 Å². The fourth-order valence-electron chi connectivity index (χ4n) is 4.11. The summed E-state index contributed by atoms with van der Waals surface area (Å²) >= 11 is 0. The summed E-state index contributed by atoms with van der Waals surface area (Å²) in [7, 11) is -3.34. The van der Waals surface area contributed by atoms with E-state index in [1.165, 1.54) is 0 Å². The van der Waals surface area contributed by atoms with Crippen molar-refractivity contribution in [1.29, 1.82) is 0 Å². The highest BCUT2D eigenvalue weighted by atomic mass is 32.2. The molecule has 1 N–H and O–H groups in total. The van der Waals surface area contributed by atoms with Crippen LogP contribution in [0.25, 0.3) is 0 Å². The molecule has 0 aromatic carbocycles. The molecule has 9 heteroatoms. The van der Waals surface area contributed by atoms with E-state index >= 15 is 0 Å². The Morgan fingerprint density at radius 3 is 2.83 bits per heavy atom. The Morgan fingerprint density at radius 2 is 2.10 bits per heavy atom. The smallest absolute Gasteiger partial charge is 0.223 e.